The van der Waals surface area contributed by atoms with E-state index in [0.29, 0.717) is 34.2 Å². The van der Waals surface area contributed by atoms with Gasteiger partial charge >= 0.3 is 0 Å². The van der Waals surface area contributed by atoms with Crippen LogP contribution in [0.25, 0.3) is 0 Å². The van der Waals surface area contributed by atoms with Gasteiger partial charge in [-0.05, 0) is 31.0 Å². The molecule has 1 aromatic rings. The lowest BCUT2D eigenvalue weighted by Crippen LogP contribution is -2.48. The molecule has 1 saturated carbocycles. The average Bonchev–Trinajstić information content (AvgIpc) is 3.20. The number of nitrogens with zero attached hydrogens (tertiary/aromatic N) is 1. The molecule has 2 amide bonds. The van der Waals surface area contributed by atoms with Gasteiger partial charge in [0.1, 0.15) is 0 Å². The highest BCUT2D eigenvalue weighted by Crippen LogP contribution is 2.34. The lowest BCUT2D eigenvalue weighted by Gasteiger charge is -2.32. The van der Waals surface area contributed by atoms with Crippen molar-refractivity contribution in [1.29, 1.82) is 0 Å². The van der Waals surface area contributed by atoms with Crippen LogP contribution in [0.3, 0.4) is 0 Å². The van der Waals surface area contributed by atoms with E-state index in [4.69, 9.17) is 23.2 Å². The van der Waals surface area contributed by atoms with Gasteiger partial charge in [0.2, 0.25) is 11.8 Å². The number of hydrogen-bond donors (Lipinski definition) is 3. The van der Waals surface area contributed by atoms with E-state index >= 15 is 0 Å². The lowest BCUT2D eigenvalue weighted by molar-refractivity contribution is -0.131. The van der Waals surface area contributed by atoms with E-state index in [2.05, 4.69) is 16.2 Å². The first kappa shape index (κ1) is 18.0. The van der Waals surface area contributed by atoms with Crippen molar-refractivity contribution in [2.45, 2.75) is 44.3 Å². The number of hydrogen-bond acceptors (Lipinski definition) is 4. The zero-order chi connectivity index (χ0) is 18.3. The highest BCUT2D eigenvalue weighted by Gasteiger charge is 2.46. The van der Waals surface area contributed by atoms with Crippen molar-refractivity contribution >= 4 is 40.7 Å². The van der Waals surface area contributed by atoms with E-state index in [0.717, 1.165) is 12.8 Å². The van der Waals surface area contributed by atoms with Crippen molar-refractivity contribution < 1.29 is 9.59 Å². The van der Waals surface area contributed by atoms with Crippen LogP contribution in [-0.2, 0) is 9.59 Å². The van der Waals surface area contributed by atoms with Gasteiger partial charge in [0, 0.05) is 29.9 Å². The summed E-state index contributed by atoms with van der Waals surface area (Å²) in [7, 11) is 0. The SMILES string of the molecule is O=C(Nc1ccc(Cl)cc1Cl)C1CC(=O)N(C2NNC3CCCCC32)C1. The molecule has 3 aliphatic rings. The lowest BCUT2D eigenvalue weighted by atomic mass is 9.84. The molecule has 0 radical (unpaired) electrons. The Morgan fingerprint density at radius 3 is 2.81 bits per heavy atom. The van der Waals surface area contributed by atoms with E-state index < -0.39 is 0 Å². The molecule has 4 unspecified atom stereocenters. The van der Waals surface area contributed by atoms with E-state index in [-0.39, 0.29) is 30.3 Å². The highest BCUT2D eigenvalue weighted by molar-refractivity contribution is 6.36. The predicted molar refractivity (Wildman–Crippen MR) is 101 cm³/mol. The molecule has 2 aliphatic heterocycles. The molecule has 26 heavy (non-hydrogen) atoms. The molecule has 1 aliphatic carbocycles. The first-order valence-corrected chi connectivity index (χ1v) is 9.85. The summed E-state index contributed by atoms with van der Waals surface area (Å²) in [6.07, 6.45) is 4.87. The van der Waals surface area contributed by atoms with Gasteiger partial charge in [-0.1, -0.05) is 36.0 Å². The summed E-state index contributed by atoms with van der Waals surface area (Å²) in [5.41, 5.74) is 7.13. The molecule has 8 heteroatoms. The Labute approximate surface area is 162 Å². The van der Waals surface area contributed by atoms with Gasteiger partial charge in [-0.3, -0.25) is 15.0 Å². The molecule has 3 N–H and O–H groups in total. The van der Waals surface area contributed by atoms with E-state index in [1.54, 1.807) is 18.2 Å². The topological polar surface area (TPSA) is 73.5 Å². The third-order valence-corrected chi connectivity index (χ3v) is 6.24. The van der Waals surface area contributed by atoms with Gasteiger partial charge < -0.3 is 10.2 Å². The van der Waals surface area contributed by atoms with Crippen molar-refractivity contribution in [1.82, 2.24) is 15.8 Å². The second kappa shape index (κ2) is 7.35. The van der Waals surface area contributed by atoms with Crippen LogP contribution in [0.4, 0.5) is 5.69 Å². The number of hydrazine groups is 1. The van der Waals surface area contributed by atoms with Crippen molar-refractivity contribution in [3.05, 3.63) is 28.2 Å². The third-order valence-electron chi connectivity index (χ3n) is 5.70. The third kappa shape index (κ3) is 3.43. The zero-order valence-electron chi connectivity index (χ0n) is 14.3. The summed E-state index contributed by atoms with van der Waals surface area (Å²) >= 11 is 12.0. The molecule has 0 aromatic heterocycles. The number of likely N-dealkylation sites (tertiary alicyclic amines) is 1. The van der Waals surface area contributed by atoms with Crippen LogP contribution in [-0.4, -0.2) is 35.5 Å². The first-order chi connectivity index (χ1) is 12.5. The second-order valence-corrected chi connectivity index (χ2v) is 8.19. The maximum Gasteiger partial charge on any atom is 0.229 e. The van der Waals surface area contributed by atoms with Crippen LogP contribution in [0.1, 0.15) is 32.1 Å². The van der Waals surface area contributed by atoms with Gasteiger partial charge in [-0.15, -0.1) is 0 Å². The fraction of sp³-hybridized carbons (Fsp3) is 0.556. The minimum Gasteiger partial charge on any atom is -0.325 e. The summed E-state index contributed by atoms with van der Waals surface area (Å²) < 4.78 is 0. The van der Waals surface area contributed by atoms with Crippen LogP contribution < -0.4 is 16.2 Å². The normalized spacial score (nSPS) is 31.2. The fourth-order valence-electron chi connectivity index (χ4n) is 4.33. The van der Waals surface area contributed by atoms with Crippen LogP contribution in [0.15, 0.2) is 18.2 Å². The van der Waals surface area contributed by atoms with E-state index in [1.165, 1.54) is 12.8 Å². The fourth-order valence-corrected chi connectivity index (χ4v) is 4.78. The number of rotatable bonds is 3. The van der Waals surface area contributed by atoms with Crippen LogP contribution in [0, 0.1) is 11.8 Å². The Balaban J connectivity index is 1.41. The number of benzene rings is 1. The molecule has 4 atom stereocenters. The second-order valence-electron chi connectivity index (χ2n) is 7.35. The van der Waals surface area contributed by atoms with Crippen LogP contribution >= 0.6 is 23.2 Å². The summed E-state index contributed by atoms with van der Waals surface area (Å²) in [5.74, 6) is -0.118. The Hall–Kier alpha value is -1.34. The minimum atomic E-state index is -0.376. The molecular formula is C18H22Cl2N4O2. The number of halogens is 2. The van der Waals surface area contributed by atoms with Crippen LogP contribution in [0.2, 0.25) is 10.0 Å². The summed E-state index contributed by atoms with van der Waals surface area (Å²) in [4.78, 5) is 27.0. The maximum absolute atomic E-state index is 12.6. The zero-order valence-corrected chi connectivity index (χ0v) is 15.8. The Bertz CT molecular complexity index is 729. The highest BCUT2D eigenvalue weighted by atomic mass is 35.5. The first-order valence-electron chi connectivity index (χ1n) is 9.09. The van der Waals surface area contributed by atoms with Gasteiger partial charge in [0.15, 0.2) is 0 Å². The van der Waals surface area contributed by atoms with Crippen molar-refractivity contribution in [3.63, 3.8) is 0 Å². The smallest absolute Gasteiger partial charge is 0.229 e. The molecule has 4 rings (SSSR count). The number of carbonyl (C=O) groups excluding carboxylic acids is 2. The van der Waals surface area contributed by atoms with Crippen molar-refractivity contribution in [3.8, 4) is 0 Å². The van der Waals surface area contributed by atoms with Crippen LogP contribution in [0.5, 0.6) is 0 Å². The standard InChI is InChI=1S/C18H22Cl2N4O2/c19-11-5-6-15(13(20)8-11)21-18(26)10-7-16(25)24(9-10)17-12-3-1-2-4-14(12)22-23-17/h5-6,8,10,12,14,17,22-23H,1-4,7,9H2,(H,21,26). The number of anilines is 1. The molecule has 2 saturated heterocycles. The number of amides is 2. The largest absolute Gasteiger partial charge is 0.325 e. The van der Waals surface area contributed by atoms with Gasteiger partial charge in [-0.25, -0.2) is 5.43 Å². The molecule has 140 valence electrons. The Morgan fingerprint density at radius 2 is 2.00 bits per heavy atom. The number of carbonyl (C=O) groups is 2. The molecule has 2 heterocycles. The maximum atomic E-state index is 12.6. The summed E-state index contributed by atoms with van der Waals surface area (Å²) in [6.45, 7) is 0.429. The average molecular weight is 397 g/mol. The molecule has 0 spiro atoms. The summed E-state index contributed by atoms with van der Waals surface area (Å²) in [6, 6.07) is 5.35. The molecule has 3 fully saturated rings. The monoisotopic (exact) mass is 396 g/mol. The quantitative estimate of drug-likeness (QED) is 0.734. The van der Waals surface area contributed by atoms with Gasteiger partial charge in [0.25, 0.3) is 0 Å². The molecule has 1 aromatic carbocycles. The molecular weight excluding hydrogens is 375 g/mol. The molecule has 6 nitrogen and oxygen atoms in total. The van der Waals surface area contributed by atoms with Gasteiger partial charge in [0.05, 0.1) is 22.8 Å². The van der Waals surface area contributed by atoms with Gasteiger partial charge in [-0.2, -0.15) is 0 Å². The molecule has 0 bridgehead atoms. The Kier molecular flexibility index (Phi) is 5.10. The number of fused-ring (bicyclic) bond motifs is 1. The van der Waals surface area contributed by atoms with E-state index in [9.17, 15) is 9.59 Å². The minimum absolute atomic E-state index is 0.0234. The van der Waals surface area contributed by atoms with Crippen molar-refractivity contribution in [2.24, 2.45) is 11.8 Å². The summed E-state index contributed by atoms with van der Waals surface area (Å²) in [5, 5.41) is 3.72. The predicted octanol–water partition coefficient (Wildman–Crippen LogP) is 2.77. The Morgan fingerprint density at radius 1 is 1.19 bits per heavy atom. The van der Waals surface area contributed by atoms with E-state index in [1.807, 2.05) is 4.90 Å². The number of nitrogens with one attached hydrogen (secondary N) is 3. The van der Waals surface area contributed by atoms with Crippen molar-refractivity contribution in [2.75, 3.05) is 11.9 Å².